The fourth-order valence-corrected chi connectivity index (χ4v) is 3.45. The number of para-hydroxylation sites is 1. The Hall–Kier alpha value is -2.93. The number of nitro groups is 1. The van der Waals surface area contributed by atoms with Crippen molar-refractivity contribution in [3.05, 3.63) is 74.8 Å². The maximum absolute atomic E-state index is 13.3. The maximum atomic E-state index is 13.3. The second kappa shape index (κ2) is 11.5. The summed E-state index contributed by atoms with van der Waals surface area (Å²) in [7, 11) is 0. The summed E-state index contributed by atoms with van der Waals surface area (Å²) in [6.45, 7) is 6.43. The molecule has 7 nitrogen and oxygen atoms in total. The minimum absolute atomic E-state index is 0.120. The van der Waals surface area contributed by atoms with Gasteiger partial charge in [-0.25, -0.2) is 0 Å². The van der Waals surface area contributed by atoms with Crippen LogP contribution in [0.2, 0.25) is 5.02 Å². The van der Waals surface area contributed by atoms with Crippen molar-refractivity contribution >= 4 is 29.1 Å². The second-order valence-electron chi connectivity index (χ2n) is 7.74. The first kappa shape index (κ1) is 24.3. The zero-order valence-corrected chi connectivity index (χ0v) is 18.8. The average Bonchev–Trinajstić information content (AvgIpc) is 2.73. The van der Waals surface area contributed by atoms with Crippen molar-refractivity contribution in [1.29, 1.82) is 0 Å². The first-order chi connectivity index (χ1) is 14.7. The molecular formula is C23H28ClN3O4. The third-order valence-electron chi connectivity index (χ3n) is 4.90. The molecule has 0 aliphatic rings. The number of rotatable bonds is 10. The normalized spacial score (nSPS) is 11.8. The minimum atomic E-state index is -0.717. The molecule has 0 unspecified atom stereocenters. The van der Waals surface area contributed by atoms with Gasteiger partial charge in [-0.05, 0) is 24.0 Å². The molecule has 1 atom stereocenters. The number of nitrogens with one attached hydrogen (secondary N) is 1. The highest BCUT2D eigenvalue weighted by molar-refractivity contribution is 6.31. The molecular weight excluding hydrogens is 418 g/mol. The molecule has 0 radical (unpaired) electrons. The van der Waals surface area contributed by atoms with Crippen LogP contribution in [-0.4, -0.2) is 34.2 Å². The molecule has 0 bridgehead atoms. The van der Waals surface area contributed by atoms with Gasteiger partial charge in [0.15, 0.2) is 0 Å². The number of carbonyl (C=O) groups is 2. The summed E-state index contributed by atoms with van der Waals surface area (Å²) in [5.74, 6) is -0.360. The van der Waals surface area contributed by atoms with Gasteiger partial charge in [0, 0.05) is 29.7 Å². The molecule has 0 heterocycles. The number of hydrogen-bond donors (Lipinski definition) is 1. The Balaban J connectivity index is 2.36. The molecule has 0 aliphatic carbocycles. The highest BCUT2D eigenvalue weighted by atomic mass is 35.5. The lowest BCUT2D eigenvalue weighted by molar-refractivity contribution is -0.385. The van der Waals surface area contributed by atoms with Gasteiger partial charge in [0.25, 0.3) is 5.69 Å². The van der Waals surface area contributed by atoms with Crippen LogP contribution in [0.4, 0.5) is 5.69 Å². The van der Waals surface area contributed by atoms with Crippen LogP contribution < -0.4 is 5.32 Å². The number of halogens is 1. The van der Waals surface area contributed by atoms with Crippen molar-refractivity contribution in [2.24, 2.45) is 5.92 Å². The van der Waals surface area contributed by atoms with Gasteiger partial charge in [0.05, 0.1) is 11.3 Å². The largest absolute Gasteiger partial charge is 0.354 e. The average molecular weight is 446 g/mol. The molecule has 0 spiro atoms. The van der Waals surface area contributed by atoms with Crippen molar-refractivity contribution in [2.75, 3.05) is 6.54 Å². The van der Waals surface area contributed by atoms with E-state index in [4.69, 9.17) is 11.6 Å². The summed E-state index contributed by atoms with van der Waals surface area (Å²) in [6, 6.07) is 12.5. The molecule has 0 saturated carbocycles. The van der Waals surface area contributed by atoms with E-state index in [1.54, 1.807) is 36.4 Å². The van der Waals surface area contributed by atoms with Crippen molar-refractivity contribution in [3.8, 4) is 0 Å². The van der Waals surface area contributed by atoms with Crippen LogP contribution in [0.5, 0.6) is 0 Å². The predicted molar refractivity (Wildman–Crippen MR) is 121 cm³/mol. The first-order valence-electron chi connectivity index (χ1n) is 10.3. The molecule has 31 heavy (non-hydrogen) atoms. The van der Waals surface area contributed by atoms with Crippen LogP contribution in [0.15, 0.2) is 48.5 Å². The Morgan fingerprint density at radius 1 is 1.10 bits per heavy atom. The maximum Gasteiger partial charge on any atom is 0.273 e. The SMILES string of the molecule is CC[C@@H](C(=O)NCC(C)C)N(Cc1ccccc1Cl)C(=O)Cc1ccccc1[N+](=O)[O-]. The van der Waals surface area contributed by atoms with Crippen molar-refractivity contribution in [2.45, 2.75) is 46.2 Å². The smallest absolute Gasteiger partial charge is 0.273 e. The molecule has 166 valence electrons. The number of hydrogen-bond acceptors (Lipinski definition) is 4. The lowest BCUT2D eigenvalue weighted by atomic mass is 10.1. The fourth-order valence-electron chi connectivity index (χ4n) is 3.26. The monoisotopic (exact) mass is 445 g/mol. The summed E-state index contributed by atoms with van der Waals surface area (Å²) >= 11 is 6.30. The Bertz CT molecular complexity index is 933. The third kappa shape index (κ3) is 6.79. The summed E-state index contributed by atoms with van der Waals surface area (Å²) in [4.78, 5) is 38.5. The standard InChI is InChI=1S/C23H28ClN3O4/c1-4-20(23(29)25-14-16(2)3)26(15-18-10-5-7-11-19(18)24)22(28)13-17-9-6-8-12-21(17)27(30)31/h5-12,16,20H,4,13-15H2,1-3H3,(H,25,29)/t20-/m0/s1. The van der Waals surface area contributed by atoms with E-state index < -0.39 is 11.0 Å². The molecule has 2 aromatic carbocycles. The van der Waals surface area contributed by atoms with Gasteiger partial charge in [0.2, 0.25) is 11.8 Å². The molecule has 2 aromatic rings. The van der Waals surface area contributed by atoms with E-state index >= 15 is 0 Å². The fraction of sp³-hybridized carbons (Fsp3) is 0.391. The summed E-state index contributed by atoms with van der Waals surface area (Å²) in [5, 5.41) is 14.7. The van der Waals surface area contributed by atoms with Crippen molar-refractivity contribution in [3.63, 3.8) is 0 Å². The molecule has 2 rings (SSSR count). The highest BCUT2D eigenvalue weighted by Gasteiger charge is 2.30. The van der Waals surface area contributed by atoms with Crippen LogP contribution >= 0.6 is 11.6 Å². The zero-order valence-electron chi connectivity index (χ0n) is 18.0. The van der Waals surface area contributed by atoms with E-state index in [2.05, 4.69) is 5.32 Å². The van der Waals surface area contributed by atoms with E-state index in [1.807, 2.05) is 26.8 Å². The van der Waals surface area contributed by atoms with E-state index in [1.165, 1.54) is 11.0 Å². The van der Waals surface area contributed by atoms with Gasteiger partial charge in [-0.15, -0.1) is 0 Å². The van der Waals surface area contributed by atoms with Crippen molar-refractivity contribution in [1.82, 2.24) is 10.2 Å². The van der Waals surface area contributed by atoms with E-state index in [0.717, 1.165) is 0 Å². The lowest BCUT2D eigenvalue weighted by Gasteiger charge is -2.31. The van der Waals surface area contributed by atoms with Crippen LogP contribution in [-0.2, 0) is 22.6 Å². The van der Waals surface area contributed by atoms with Crippen molar-refractivity contribution < 1.29 is 14.5 Å². The molecule has 2 amide bonds. The van der Waals surface area contributed by atoms with E-state index in [9.17, 15) is 19.7 Å². The number of benzene rings is 2. The number of nitro benzene ring substituents is 1. The molecule has 1 N–H and O–H groups in total. The Morgan fingerprint density at radius 2 is 1.71 bits per heavy atom. The van der Waals surface area contributed by atoms with Crippen LogP contribution in [0, 0.1) is 16.0 Å². The topological polar surface area (TPSA) is 92.6 Å². The molecule has 0 fully saturated rings. The third-order valence-corrected chi connectivity index (χ3v) is 5.27. The number of nitrogens with zero attached hydrogens (tertiary/aromatic N) is 2. The molecule has 0 saturated heterocycles. The Morgan fingerprint density at radius 3 is 2.29 bits per heavy atom. The lowest BCUT2D eigenvalue weighted by Crippen LogP contribution is -2.50. The second-order valence-corrected chi connectivity index (χ2v) is 8.15. The predicted octanol–water partition coefficient (Wildman–Crippen LogP) is 4.37. The first-order valence-corrected chi connectivity index (χ1v) is 10.6. The minimum Gasteiger partial charge on any atom is -0.354 e. The van der Waals surface area contributed by atoms with E-state index in [-0.39, 0.29) is 36.4 Å². The quantitative estimate of drug-likeness (QED) is 0.434. The van der Waals surface area contributed by atoms with E-state index in [0.29, 0.717) is 29.1 Å². The van der Waals surface area contributed by atoms with Gasteiger partial charge < -0.3 is 10.2 Å². The molecule has 0 aliphatic heterocycles. The van der Waals surface area contributed by atoms with Crippen LogP contribution in [0.3, 0.4) is 0 Å². The van der Waals surface area contributed by atoms with Gasteiger partial charge >= 0.3 is 0 Å². The summed E-state index contributed by atoms with van der Waals surface area (Å²) in [5.41, 5.74) is 0.889. The summed E-state index contributed by atoms with van der Waals surface area (Å²) in [6.07, 6.45) is 0.215. The highest BCUT2D eigenvalue weighted by Crippen LogP contribution is 2.23. The van der Waals surface area contributed by atoms with Gasteiger partial charge in [0.1, 0.15) is 6.04 Å². The molecule has 8 heteroatoms. The van der Waals surface area contributed by atoms with Gasteiger partial charge in [-0.1, -0.05) is 68.8 Å². The number of amides is 2. The Kier molecular flexibility index (Phi) is 9.00. The van der Waals surface area contributed by atoms with Gasteiger partial charge in [-0.2, -0.15) is 0 Å². The number of carbonyl (C=O) groups excluding carboxylic acids is 2. The van der Waals surface area contributed by atoms with Crippen LogP contribution in [0.1, 0.15) is 38.3 Å². The van der Waals surface area contributed by atoms with Gasteiger partial charge in [-0.3, -0.25) is 19.7 Å². The zero-order chi connectivity index (χ0) is 23.0. The molecule has 0 aromatic heterocycles. The van der Waals surface area contributed by atoms with Crippen LogP contribution in [0.25, 0.3) is 0 Å². The summed E-state index contributed by atoms with van der Waals surface area (Å²) < 4.78 is 0. The Labute approximate surface area is 187 Å².